The molecular weight excluding hydrogens is 274 g/mol. The molecule has 0 aliphatic heterocycles. The quantitative estimate of drug-likeness (QED) is 0.877. The molecule has 0 aromatic heterocycles. The second-order valence-corrected chi connectivity index (χ2v) is 6.55. The molecule has 0 fully saturated rings. The number of aromatic hydroxyl groups is 1. The van der Waals surface area contributed by atoms with E-state index < -0.39 is 0 Å². The van der Waals surface area contributed by atoms with Gasteiger partial charge in [0.15, 0.2) is 0 Å². The maximum atomic E-state index is 10.2. The van der Waals surface area contributed by atoms with E-state index >= 15 is 0 Å². The fraction of sp³-hybridized carbons (Fsp3) is 0.368. The van der Waals surface area contributed by atoms with Gasteiger partial charge in [-0.1, -0.05) is 45.0 Å². The summed E-state index contributed by atoms with van der Waals surface area (Å²) in [5.74, 6) is 1.22. The lowest BCUT2D eigenvalue weighted by Gasteiger charge is -2.20. The SMILES string of the molecule is COc1ccc(CNCc2ccc(C(C)(C)C)cc2O)cc1. The van der Waals surface area contributed by atoms with E-state index in [9.17, 15) is 5.11 Å². The number of hydrogen-bond acceptors (Lipinski definition) is 3. The Hall–Kier alpha value is -2.00. The predicted octanol–water partition coefficient (Wildman–Crippen LogP) is 3.99. The monoisotopic (exact) mass is 299 g/mol. The summed E-state index contributed by atoms with van der Waals surface area (Å²) in [5, 5.41) is 13.5. The van der Waals surface area contributed by atoms with Crippen molar-refractivity contribution in [2.24, 2.45) is 0 Å². The smallest absolute Gasteiger partial charge is 0.120 e. The summed E-state index contributed by atoms with van der Waals surface area (Å²) in [7, 11) is 1.66. The molecule has 3 nitrogen and oxygen atoms in total. The first-order valence-corrected chi connectivity index (χ1v) is 7.56. The molecule has 0 unspecified atom stereocenters. The highest BCUT2D eigenvalue weighted by Gasteiger charge is 2.15. The van der Waals surface area contributed by atoms with Crippen LogP contribution in [0.2, 0.25) is 0 Å². The van der Waals surface area contributed by atoms with Gasteiger partial charge in [0.2, 0.25) is 0 Å². The lowest BCUT2D eigenvalue weighted by atomic mass is 9.86. The van der Waals surface area contributed by atoms with Crippen molar-refractivity contribution in [1.82, 2.24) is 5.32 Å². The molecule has 0 amide bonds. The van der Waals surface area contributed by atoms with Gasteiger partial charge in [0, 0.05) is 18.7 Å². The Morgan fingerprint density at radius 1 is 1.00 bits per heavy atom. The summed E-state index contributed by atoms with van der Waals surface area (Å²) in [6, 6.07) is 13.9. The van der Waals surface area contributed by atoms with Crippen LogP contribution in [-0.2, 0) is 18.5 Å². The Balaban J connectivity index is 1.94. The van der Waals surface area contributed by atoms with Gasteiger partial charge >= 0.3 is 0 Å². The maximum Gasteiger partial charge on any atom is 0.120 e. The Morgan fingerprint density at radius 3 is 2.23 bits per heavy atom. The first-order valence-electron chi connectivity index (χ1n) is 7.56. The Kier molecular flexibility index (Phi) is 5.09. The molecule has 0 heterocycles. The van der Waals surface area contributed by atoms with Gasteiger partial charge in [-0.25, -0.2) is 0 Å². The highest BCUT2D eigenvalue weighted by atomic mass is 16.5. The van der Waals surface area contributed by atoms with Crippen molar-refractivity contribution < 1.29 is 9.84 Å². The molecule has 0 bridgehead atoms. The van der Waals surface area contributed by atoms with E-state index in [0.29, 0.717) is 12.3 Å². The van der Waals surface area contributed by atoms with Gasteiger partial charge in [-0.3, -0.25) is 0 Å². The van der Waals surface area contributed by atoms with Crippen LogP contribution < -0.4 is 10.1 Å². The zero-order valence-electron chi connectivity index (χ0n) is 13.8. The molecule has 0 radical (unpaired) electrons. The number of rotatable bonds is 5. The summed E-state index contributed by atoms with van der Waals surface area (Å²) in [4.78, 5) is 0. The normalized spacial score (nSPS) is 11.5. The van der Waals surface area contributed by atoms with Crippen molar-refractivity contribution in [2.75, 3.05) is 7.11 Å². The highest BCUT2D eigenvalue weighted by Crippen LogP contribution is 2.27. The number of phenolic OH excluding ortho intramolecular Hbond substituents is 1. The first kappa shape index (κ1) is 16.4. The summed E-state index contributed by atoms with van der Waals surface area (Å²) in [5.41, 5.74) is 3.30. The highest BCUT2D eigenvalue weighted by molar-refractivity contribution is 5.39. The number of hydrogen-bond donors (Lipinski definition) is 2. The van der Waals surface area contributed by atoms with E-state index in [1.165, 1.54) is 5.56 Å². The van der Waals surface area contributed by atoms with Gasteiger partial charge < -0.3 is 15.2 Å². The molecule has 0 atom stereocenters. The van der Waals surface area contributed by atoms with Crippen LogP contribution in [0.3, 0.4) is 0 Å². The lowest BCUT2D eigenvalue weighted by Crippen LogP contribution is -2.14. The van der Waals surface area contributed by atoms with E-state index in [2.05, 4.69) is 32.2 Å². The minimum Gasteiger partial charge on any atom is -0.508 e. The Morgan fingerprint density at radius 2 is 1.68 bits per heavy atom. The van der Waals surface area contributed by atoms with Crippen molar-refractivity contribution in [1.29, 1.82) is 0 Å². The van der Waals surface area contributed by atoms with Gasteiger partial charge in [0.25, 0.3) is 0 Å². The molecule has 2 aromatic rings. The summed E-state index contributed by atoms with van der Waals surface area (Å²) < 4.78 is 5.14. The minimum atomic E-state index is 0.0481. The van der Waals surface area contributed by atoms with Crippen LogP contribution in [0, 0.1) is 0 Å². The lowest BCUT2D eigenvalue weighted by molar-refractivity contribution is 0.414. The van der Waals surface area contributed by atoms with Crippen molar-refractivity contribution in [3.05, 3.63) is 59.2 Å². The van der Waals surface area contributed by atoms with Crippen LogP contribution in [0.4, 0.5) is 0 Å². The second kappa shape index (κ2) is 6.84. The van der Waals surface area contributed by atoms with Crippen LogP contribution >= 0.6 is 0 Å². The molecule has 0 aliphatic rings. The van der Waals surface area contributed by atoms with Crippen molar-refractivity contribution in [2.45, 2.75) is 39.3 Å². The number of methoxy groups -OCH3 is 1. The average molecular weight is 299 g/mol. The van der Waals surface area contributed by atoms with Crippen LogP contribution in [0.1, 0.15) is 37.5 Å². The standard InChI is InChI=1S/C19H25NO2/c1-19(2,3)16-8-7-15(18(21)11-16)13-20-12-14-5-9-17(22-4)10-6-14/h5-11,20-21H,12-13H2,1-4H3. The van der Waals surface area contributed by atoms with E-state index in [-0.39, 0.29) is 5.41 Å². The van der Waals surface area contributed by atoms with Crippen molar-refractivity contribution >= 4 is 0 Å². The van der Waals surface area contributed by atoms with E-state index in [0.717, 1.165) is 23.4 Å². The molecule has 118 valence electrons. The molecular formula is C19H25NO2. The Bertz CT molecular complexity index is 612. The first-order chi connectivity index (χ1) is 10.4. The predicted molar refractivity (Wildman–Crippen MR) is 90.3 cm³/mol. The van der Waals surface area contributed by atoms with E-state index in [1.54, 1.807) is 7.11 Å². The molecule has 0 saturated carbocycles. The van der Waals surface area contributed by atoms with Crippen molar-refractivity contribution in [3.8, 4) is 11.5 Å². The third kappa shape index (κ3) is 4.25. The van der Waals surface area contributed by atoms with Crippen LogP contribution in [-0.4, -0.2) is 12.2 Å². The number of nitrogens with one attached hydrogen (secondary N) is 1. The molecule has 0 spiro atoms. The molecule has 2 N–H and O–H groups in total. The molecule has 22 heavy (non-hydrogen) atoms. The molecule has 2 rings (SSSR count). The van der Waals surface area contributed by atoms with Gasteiger partial charge in [0.1, 0.15) is 11.5 Å². The number of phenols is 1. The zero-order chi connectivity index (χ0) is 16.2. The molecule has 0 aliphatic carbocycles. The summed E-state index contributed by atoms with van der Waals surface area (Å²) in [6.07, 6.45) is 0. The topological polar surface area (TPSA) is 41.5 Å². The summed E-state index contributed by atoms with van der Waals surface area (Å²) in [6.45, 7) is 7.82. The average Bonchev–Trinajstić information content (AvgIpc) is 2.48. The summed E-state index contributed by atoms with van der Waals surface area (Å²) >= 11 is 0. The maximum absolute atomic E-state index is 10.2. The molecule has 2 aromatic carbocycles. The zero-order valence-corrected chi connectivity index (χ0v) is 13.8. The largest absolute Gasteiger partial charge is 0.508 e. The molecule has 0 saturated heterocycles. The van der Waals surface area contributed by atoms with Crippen molar-refractivity contribution in [3.63, 3.8) is 0 Å². The third-order valence-corrected chi connectivity index (χ3v) is 3.75. The number of benzene rings is 2. The van der Waals surface area contributed by atoms with Gasteiger partial charge in [-0.05, 0) is 34.7 Å². The second-order valence-electron chi connectivity index (χ2n) is 6.55. The van der Waals surface area contributed by atoms with Crippen LogP contribution in [0.5, 0.6) is 11.5 Å². The van der Waals surface area contributed by atoms with Gasteiger partial charge in [-0.15, -0.1) is 0 Å². The molecule has 3 heteroatoms. The van der Waals surface area contributed by atoms with Crippen LogP contribution in [0.25, 0.3) is 0 Å². The van der Waals surface area contributed by atoms with Gasteiger partial charge in [-0.2, -0.15) is 0 Å². The fourth-order valence-electron chi connectivity index (χ4n) is 2.26. The number of ether oxygens (including phenoxy) is 1. The Labute approximate surface area is 133 Å². The van der Waals surface area contributed by atoms with E-state index in [4.69, 9.17) is 4.74 Å². The van der Waals surface area contributed by atoms with E-state index in [1.807, 2.05) is 36.4 Å². The third-order valence-electron chi connectivity index (χ3n) is 3.75. The van der Waals surface area contributed by atoms with Crippen LogP contribution in [0.15, 0.2) is 42.5 Å². The van der Waals surface area contributed by atoms with Gasteiger partial charge in [0.05, 0.1) is 7.11 Å². The minimum absolute atomic E-state index is 0.0481. The fourth-order valence-corrected chi connectivity index (χ4v) is 2.26.